The summed E-state index contributed by atoms with van der Waals surface area (Å²) in [5, 5.41) is 9.94. The topological polar surface area (TPSA) is 103 Å². The van der Waals surface area contributed by atoms with Gasteiger partial charge in [-0.3, -0.25) is 18.7 Å². The molecule has 9 nitrogen and oxygen atoms in total. The lowest BCUT2D eigenvalue weighted by molar-refractivity contribution is -0.122. The summed E-state index contributed by atoms with van der Waals surface area (Å²) in [5.41, 5.74) is 2.87. The van der Waals surface area contributed by atoms with Gasteiger partial charge in [-0.25, -0.2) is 4.98 Å². The number of nitrogens with one attached hydrogen (secondary N) is 2. The minimum atomic E-state index is -0.687. The van der Waals surface area contributed by atoms with Crippen LogP contribution in [0.2, 0.25) is 0 Å². The second-order valence-electron chi connectivity index (χ2n) is 7.03. The molecule has 0 saturated heterocycles. The molecule has 0 aliphatic carbocycles. The number of ether oxygens (including phenoxy) is 1. The maximum absolute atomic E-state index is 13.2. The van der Waals surface area contributed by atoms with Gasteiger partial charge >= 0.3 is 0 Å². The third-order valence-electron chi connectivity index (χ3n) is 4.92. The second kappa shape index (κ2) is 6.73. The van der Waals surface area contributed by atoms with E-state index in [1.807, 2.05) is 37.6 Å². The van der Waals surface area contributed by atoms with E-state index >= 15 is 0 Å². The Kier molecular flexibility index (Phi) is 4.02. The quantitative estimate of drug-likeness (QED) is 0.549. The van der Waals surface area contributed by atoms with Crippen LogP contribution in [0.15, 0.2) is 55.0 Å². The highest BCUT2D eigenvalue weighted by atomic mass is 16.5. The van der Waals surface area contributed by atoms with Crippen molar-refractivity contribution >= 4 is 29.0 Å². The number of amides is 2. The summed E-state index contributed by atoms with van der Waals surface area (Å²) in [4.78, 5) is 29.8. The average Bonchev–Trinajstić information content (AvgIpc) is 3.32. The van der Waals surface area contributed by atoms with Gasteiger partial charge in [0, 0.05) is 25.0 Å². The first-order valence-corrected chi connectivity index (χ1v) is 9.39. The zero-order valence-electron chi connectivity index (χ0n) is 16.3. The molecule has 30 heavy (non-hydrogen) atoms. The first kappa shape index (κ1) is 17.9. The number of anilines is 2. The number of fused-ring (bicyclic) bond motifs is 2. The second-order valence-corrected chi connectivity index (χ2v) is 7.03. The Balaban J connectivity index is 1.58. The standard InChI is InChI=1S/C21H18N6O3/c1-12-20(28)23-15-7-5-6-14(18(15)30-12)21(29)25-19-17(13-10-22-26(2)11-13)24-16-8-3-4-9-27(16)19/h3-12H,1-2H3,(H,23,28)(H,25,29). The van der Waals surface area contributed by atoms with E-state index in [0.717, 1.165) is 5.56 Å². The minimum Gasteiger partial charge on any atom is -0.478 e. The third-order valence-corrected chi connectivity index (χ3v) is 4.92. The van der Waals surface area contributed by atoms with Gasteiger partial charge in [-0.1, -0.05) is 12.1 Å². The van der Waals surface area contributed by atoms with E-state index in [4.69, 9.17) is 4.74 Å². The summed E-state index contributed by atoms with van der Waals surface area (Å²) < 4.78 is 9.20. The third kappa shape index (κ3) is 2.87. The number of para-hydroxylation sites is 1. The molecule has 0 fully saturated rings. The van der Waals surface area contributed by atoms with Crippen molar-refractivity contribution in [2.45, 2.75) is 13.0 Å². The van der Waals surface area contributed by atoms with E-state index in [-0.39, 0.29) is 11.8 Å². The van der Waals surface area contributed by atoms with Crippen molar-refractivity contribution in [3.8, 4) is 17.0 Å². The van der Waals surface area contributed by atoms with Crippen LogP contribution in [0.4, 0.5) is 11.5 Å². The molecule has 0 bridgehead atoms. The lowest BCUT2D eigenvalue weighted by Crippen LogP contribution is -2.35. The average molecular weight is 402 g/mol. The normalized spacial score (nSPS) is 15.4. The number of imidazole rings is 1. The smallest absolute Gasteiger partial charge is 0.265 e. The molecule has 4 heterocycles. The number of rotatable bonds is 3. The summed E-state index contributed by atoms with van der Waals surface area (Å²) >= 11 is 0. The number of hydrogen-bond donors (Lipinski definition) is 2. The highest BCUT2D eigenvalue weighted by Gasteiger charge is 2.28. The fourth-order valence-corrected chi connectivity index (χ4v) is 3.44. The van der Waals surface area contributed by atoms with Crippen LogP contribution in [0.25, 0.3) is 16.9 Å². The minimum absolute atomic E-state index is 0.249. The highest BCUT2D eigenvalue weighted by Crippen LogP contribution is 2.35. The number of pyridine rings is 1. The Labute approximate surface area is 171 Å². The van der Waals surface area contributed by atoms with E-state index in [1.54, 1.807) is 40.4 Å². The van der Waals surface area contributed by atoms with E-state index in [1.165, 1.54) is 0 Å². The van der Waals surface area contributed by atoms with Crippen LogP contribution >= 0.6 is 0 Å². The van der Waals surface area contributed by atoms with Crippen molar-refractivity contribution < 1.29 is 14.3 Å². The molecule has 1 aliphatic rings. The molecular weight excluding hydrogens is 384 g/mol. The van der Waals surface area contributed by atoms with Crippen LogP contribution in [0, 0.1) is 0 Å². The molecule has 0 radical (unpaired) electrons. The summed E-state index contributed by atoms with van der Waals surface area (Å²) in [6.45, 7) is 1.64. The number of nitrogens with zero attached hydrogens (tertiary/aromatic N) is 4. The SMILES string of the molecule is CC1Oc2c(cccc2C(=O)Nc2c(-c3cnn(C)c3)nc3ccccn23)NC1=O. The Hall–Kier alpha value is -4.14. The fourth-order valence-electron chi connectivity index (χ4n) is 3.44. The molecule has 1 unspecified atom stereocenters. The summed E-state index contributed by atoms with van der Waals surface area (Å²) in [6, 6.07) is 10.7. The molecule has 2 N–H and O–H groups in total. The van der Waals surface area contributed by atoms with E-state index in [0.29, 0.717) is 34.2 Å². The monoisotopic (exact) mass is 402 g/mol. The van der Waals surface area contributed by atoms with Crippen LogP contribution in [0.5, 0.6) is 5.75 Å². The van der Waals surface area contributed by atoms with Crippen LogP contribution < -0.4 is 15.4 Å². The predicted octanol–water partition coefficient (Wildman–Crippen LogP) is 2.71. The number of hydrogen-bond acceptors (Lipinski definition) is 5. The number of carbonyl (C=O) groups excluding carboxylic acids is 2. The van der Waals surface area contributed by atoms with Gasteiger partial charge in [0.15, 0.2) is 11.9 Å². The number of carbonyl (C=O) groups is 2. The molecule has 1 atom stereocenters. The van der Waals surface area contributed by atoms with Crippen LogP contribution in [-0.4, -0.2) is 37.1 Å². The first-order valence-electron chi connectivity index (χ1n) is 9.39. The molecular formula is C21H18N6O3. The van der Waals surface area contributed by atoms with Crippen molar-refractivity contribution in [1.82, 2.24) is 19.2 Å². The van der Waals surface area contributed by atoms with Gasteiger partial charge in [-0.05, 0) is 31.2 Å². The van der Waals surface area contributed by atoms with Gasteiger partial charge < -0.3 is 15.4 Å². The summed E-state index contributed by atoms with van der Waals surface area (Å²) in [7, 11) is 1.82. The molecule has 0 saturated carbocycles. The van der Waals surface area contributed by atoms with Crippen molar-refractivity contribution in [2.75, 3.05) is 10.6 Å². The van der Waals surface area contributed by atoms with E-state index in [2.05, 4.69) is 20.7 Å². The van der Waals surface area contributed by atoms with E-state index < -0.39 is 6.10 Å². The molecule has 1 aliphatic heterocycles. The molecule has 4 aromatic rings. The molecule has 2 amide bonds. The summed E-state index contributed by atoms with van der Waals surface area (Å²) in [5.74, 6) is 0.250. The zero-order chi connectivity index (χ0) is 20.8. The van der Waals surface area contributed by atoms with E-state index in [9.17, 15) is 9.59 Å². The summed E-state index contributed by atoms with van der Waals surface area (Å²) in [6.07, 6.45) is 4.68. The predicted molar refractivity (Wildman–Crippen MR) is 111 cm³/mol. The Morgan fingerprint density at radius 3 is 2.90 bits per heavy atom. The molecule has 5 rings (SSSR count). The van der Waals surface area contributed by atoms with Crippen molar-refractivity contribution in [1.29, 1.82) is 0 Å². The van der Waals surface area contributed by atoms with Gasteiger partial charge in [-0.2, -0.15) is 5.10 Å². The van der Waals surface area contributed by atoms with Crippen molar-refractivity contribution in [3.63, 3.8) is 0 Å². The highest BCUT2D eigenvalue weighted by molar-refractivity contribution is 6.10. The molecule has 9 heteroatoms. The van der Waals surface area contributed by atoms with Crippen molar-refractivity contribution in [3.05, 3.63) is 60.6 Å². The Morgan fingerprint density at radius 1 is 1.23 bits per heavy atom. The maximum Gasteiger partial charge on any atom is 0.265 e. The maximum atomic E-state index is 13.2. The van der Waals surface area contributed by atoms with Gasteiger partial charge in [-0.15, -0.1) is 0 Å². The van der Waals surface area contributed by atoms with Gasteiger partial charge in [0.05, 0.1) is 17.4 Å². The molecule has 150 valence electrons. The van der Waals surface area contributed by atoms with Gasteiger partial charge in [0.25, 0.3) is 11.8 Å². The Bertz CT molecular complexity index is 1310. The molecule has 3 aromatic heterocycles. The lowest BCUT2D eigenvalue weighted by Gasteiger charge is -2.25. The van der Waals surface area contributed by atoms with Crippen molar-refractivity contribution in [2.24, 2.45) is 7.05 Å². The lowest BCUT2D eigenvalue weighted by atomic mass is 10.1. The molecule has 1 aromatic carbocycles. The largest absolute Gasteiger partial charge is 0.478 e. The van der Waals surface area contributed by atoms with Crippen LogP contribution in [0.3, 0.4) is 0 Å². The zero-order valence-corrected chi connectivity index (χ0v) is 16.3. The number of aryl methyl sites for hydroxylation is 1. The molecule has 0 spiro atoms. The van der Waals surface area contributed by atoms with Crippen LogP contribution in [0.1, 0.15) is 17.3 Å². The van der Waals surface area contributed by atoms with Gasteiger partial charge in [0.2, 0.25) is 0 Å². The number of benzene rings is 1. The fraction of sp³-hybridized carbons (Fsp3) is 0.143. The van der Waals surface area contributed by atoms with Crippen LogP contribution in [-0.2, 0) is 11.8 Å². The first-order chi connectivity index (χ1) is 14.5. The van der Waals surface area contributed by atoms with Gasteiger partial charge in [0.1, 0.15) is 17.2 Å². The Morgan fingerprint density at radius 2 is 2.10 bits per heavy atom. The number of aromatic nitrogens is 4.